The zero-order valence-electron chi connectivity index (χ0n) is 30.6. The molecule has 2 aromatic carbocycles. The quantitative estimate of drug-likeness (QED) is 0.0695. The maximum absolute atomic E-state index is 13.9. The maximum atomic E-state index is 13.9. The molecule has 0 radical (unpaired) electrons. The number of piperidine rings is 1. The van der Waals surface area contributed by atoms with E-state index in [-0.39, 0.29) is 32.6 Å². The predicted molar refractivity (Wildman–Crippen MR) is 193 cm³/mol. The van der Waals surface area contributed by atoms with E-state index in [1.807, 2.05) is 6.07 Å². The number of hydrogen-bond acceptors (Lipinski definition) is 12. The SMILES string of the molecule is C=CCOC(=O)[C@@H](O)CC(=O)Nc1cccc([C@@H](CCc2ccc(OC)c(OC)c2)OC(=O)[C@@H]2CCCCN2C(=O)C(=O)C(C)(C)COC(=O)C=C)c1. The van der Waals surface area contributed by atoms with Crippen LogP contribution in [0.5, 0.6) is 11.5 Å². The Balaban J connectivity index is 1.86. The van der Waals surface area contributed by atoms with Crippen LogP contribution in [0.3, 0.4) is 0 Å². The van der Waals surface area contributed by atoms with E-state index >= 15 is 0 Å². The van der Waals surface area contributed by atoms with E-state index in [4.69, 9.17) is 23.7 Å². The monoisotopic (exact) mass is 736 g/mol. The summed E-state index contributed by atoms with van der Waals surface area (Å²) in [4.78, 5) is 78.3. The molecule has 3 atom stereocenters. The summed E-state index contributed by atoms with van der Waals surface area (Å²) in [5, 5.41) is 12.7. The van der Waals surface area contributed by atoms with E-state index in [0.29, 0.717) is 42.0 Å². The summed E-state index contributed by atoms with van der Waals surface area (Å²) in [6.07, 6.45) is 1.30. The number of amides is 2. The third kappa shape index (κ3) is 12.0. The number of rotatable bonds is 19. The van der Waals surface area contributed by atoms with Crippen molar-refractivity contribution in [2.24, 2.45) is 5.41 Å². The summed E-state index contributed by atoms with van der Waals surface area (Å²) >= 11 is 0. The van der Waals surface area contributed by atoms with Gasteiger partial charge in [-0.15, -0.1) is 0 Å². The van der Waals surface area contributed by atoms with E-state index in [9.17, 15) is 33.9 Å². The molecule has 0 aliphatic carbocycles. The molecule has 286 valence electrons. The van der Waals surface area contributed by atoms with E-state index in [1.54, 1.807) is 36.4 Å². The molecule has 0 unspecified atom stereocenters. The fraction of sp³-hybridized carbons (Fsp3) is 0.436. The fourth-order valence-corrected chi connectivity index (χ4v) is 5.59. The summed E-state index contributed by atoms with van der Waals surface area (Å²) in [6, 6.07) is 10.9. The highest BCUT2D eigenvalue weighted by Gasteiger charge is 2.42. The summed E-state index contributed by atoms with van der Waals surface area (Å²) in [7, 11) is 3.05. The molecule has 2 aromatic rings. The van der Waals surface area contributed by atoms with Crippen LogP contribution in [-0.4, -0.2) is 91.6 Å². The third-order valence-corrected chi connectivity index (χ3v) is 8.52. The lowest BCUT2D eigenvalue weighted by atomic mass is 9.87. The molecule has 2 amide bonds. The van der Waals surface area contributed by atoms with Crippen molar-refractivity contribution in [1.29, 1.82) is 0 Å². The number of ether oxygens (including phenoxy) is 5. The second-order valence-corrected chi connectivity index (χ2v) is 13.0. The molecule has 1 fully saturated rings. The number of aliphatic hydroxyl groups is 1. The Hall–Kier alpha value is -5.50. The van der Waals surface area contributed by atoms with Gasteiger partial charge < -0.3 is 39.0 Å². The lowest BCUT2D eigenvalue weighted by Crippen LogP contribution is -2.53. The minimum absolute atomic E-state index is 0.114. The number of nitrogens with zero attached hydrogens (tertiary/aromatic N) is 1. The number of methoxy groups -OCH3 is 2. The van der Waals surface area contributed by atoms with Crippen molar-refractivity contribution >= 4 is 41.2 Å². The zero-order valence-corrected chi connectivity index (χ0v) is 30.6. The number of carbonyl (C=O) groups excluding carboxylic acids is 6. The lowest BCUT2D eigenvalue weighted by Gasteiger charge is -2.36. The lowest BCUT2D eigenvalue weighted by molar-refractivity contribution is -0.165. The standard InChI is InChI=1S/C39H48N2O12/c1-7-20-51-38(48)29(42)23-33(43)40-27-13-11-12-26(22-27)30(17-15-25-16-18-31(49-5)32(21-25)50-6)53-37(47)28-14-9-10-19-41(28)36(46)35(45)39(3,4)24-52-34(44)8-2/h7-8,11-13,16,18,21-22,28-30,42H,1-2,9-10,14-15,17,19-20,23-24H2,3-6H3,(H,40,43)/t28-,29-,30+/m0/s1. The second kappa shape index (κ2) is 19.9. The van der Waals surface area contributed by atoms with Crippen LogP contribution in [0.25, 0.3) is 0 Å². The van der Waals surface area contributed by atoms with E-state index in [2.05, 4.69) is 18.5 Å². The topological polar surface area (TPSA) is 184 Å². The van der Waals surface area contributed by atoms with Crippen molar-refractivity contribution in [2.45, 2.75) is 70.6 Å². The molecule has 0 spiro atoms. The highest BCUT2D eigenvalue weighted by molar-refractivity contribution is 6.38. The van der Waals surface area contributed by atoms with Gasteiger partial charge in [-0.05, 0) is 81.3 Å². The first-order valence-electron chi connectivity index (χ1n) is 17.2. The van der Waals surface area contributed by atoms with Gasteiger partial charge in [0.05, 0.1) is 26.1 Å². The minimum atomic E-state index is -1.69. The molecular weight excluding hydrogens is 688 g/mol. The summed E-state index contributed by atoms with van der Waals surface area (Å²) in [6.45, 7) is 9.41. The molecule has 0 bridgehead atoms. The second-order valence-electron chi connectivity index (χ2n) is 13.0. The zero-order chi connectivity index (χ0) is 39.1. The van der Waals surface area contributed by atoms with Gasteiger partial charge in [0.25, 0.3) is 5.91 Å². The molecule has 1 aliphatic rings. The molecular formula is C39H48N2O12. The number of benzene rings is 2. The van der Waals surface area contributed by atoms with Crippen LogP contribution in [0.2, 0.25) is 0 Å². The molecule has 1 aliphatic heterocycles. The van der Waals surface area contributed by atoms with Crippen LogP contribution in [-0.2, 0) is 49.4 Å². The molecule has 0 aromatic heterocycles. The Morgan fingerprint density at radius 2 is 1.74 bits per heavy atom. The highest BCUT2D eigenvalue weighted by atomic mass is 16.6. The molecule has 0 saturated carbocycles. The van der Waals surface area contributed by atoms with Gasteiger partial charge in [0.2, 0.25) is 11.7 Å². The largest absolute Gasteiger partial charge is 0.493 e. The van der Waals surface area contributed by atoms with E-state index in [1.165, 1.54) is 39.0 Å². The summed E-state index contributed by atoms with van der Waals surface area (Å²) < 4.78 is 26.7. The number of esters is 3. The Bertz CT molecular complexity index is 1670. The van der Waals surface area contributed by atoms with Gasteiger partial charge in [-0.25, -0.2) is 14.4 Å². The van der Waals surface area contributed by atoms with Gasteiger partial charge in [0.15, 0.2) is 17.6 Å². The van der Waals surface area contributed by atoms with Crippen molar-refractivity contribution in [1.82, 2.24) is 4.90 Å². The molecule has 3 rings (SSSR count). The summed E-state index contributed by atoms with van der Waals surface area (Å²) in [5.41, 5.74) is 0.310. The smallest absolute Gasteiger partial charge is 0.335 e. The van der Waals surface area contributed by atoms with Gasteiger partial charge >= 0.3 is 17.9 Å². The Labute approximate surface area is 309 Å². The predicted octanol–water partition coefficient (Wildman–Crippen LogP) is 4.05. The van der Waals surface area contributed by atoms with Gasteiger partial charge in [-0.1, -0.05) is 37.4 Å². The first-order chi connectivity index (χ1) is 25.2. The van der Waals surface area contributed by atoms with E-state index in [0.717, 1.165) is 11.6 Å². The van der Waals surface area contributed by atoms with Crippen molar-refractivity contribution in [3.63, 3.8) is 0 Å². The maximum Gasteiger partial charge on any atom is 0.335 e. The number of nitrogens with one attached hydrogen (secondary N) is 1. The Morgan fingerprint density at radius 3 is 2.42 bits per heavy atom. The number of likely N-dealkylation sites (tertiary alicyclic amines) is 1. The minimum Gasteiger partial charge on any atom is -0.493 e. The number of aryl methyl sites for hydroxylation is 1. The van der Waals surface area contributed by atoms with Gasteiger partial charge in [0.1, 0.15) is 25.4 Å². The number of anilines is 1. The molecule has 14 heteroatoms. The average molecular weight is 737 g/mol. The van der Waals surface area contributed by atoms with Gasteiger partial charge in [0, 0.05) is 18.3 Å². The average Bonchev–Trinajstić information content (AvgIpc) is 3.16. The molecule has 53 heavy (non-hydrogen) atoms. The summed E-state index contributed by atoms with van der Waals surface area (Å²) in [5.74, 6) is -3.71. The van der Waals surface area contributed by atoms with Crippen LogP contribution >= 0.6 is 0 Å². The van der Waals surface area contributed by atoms with Crippen LogP contribution in [0.4, 0.5) is 5.69 Å². The molecule has 14 nitrogen and oxygen atoms in total. The normalized spacial score (nSPS) is 15.2. The van der Waals surface area contributed by atoms with Crippen LogP contribution in [0.1, 0.15) is 63.2 Å². The number of carbonyl (C=O) groups is 6. The van der Waals surface area contributed by atoms with Crippen LogP contribution < -0.4 is 14.8 Å². The Kier molecular flexibility index (Phi) is 15.8. The van der Waals surface area contributed by atoms with Gasteiger partial charge in [-0.3, -0.25) is 14.4 Å². The molecule has 2 N–H and O–H groups in total. The number of ketones is 1. The van der Waals surface area contributed by atoms with Crippen LogP contribution in [0.15, 0.2) is 67.8 Å². The molecule has 1 heterocycles. The number of hydrogen-bond donors (Lipinski definition) is 2. The number of aliphatic hydroxyl groups excluding tert-OH is 1. The van der Waals surface area contributed by atoms with Crippen molar-refractivity contribution in [3.8, 4) is 11.5 Å². The Morgan fingerprint density at radius 1 is 1.00 bits per heavy atom. The van der Waals surface area contributed by atoms with Crippen molar-refractivity contribution < 1.29 is 57.6 Å². The van der Waals surface area contributed by atoms with Crippen LogP contribution in [0, 0.1) is 5.41 Å². The first kappa shape index (κ1) is 41.9. The number of Topliss-reactive ketones (excluding diaryl/α,β-unsaturated/α-hetero) is 1. The highest BCUT2D eigenvalue weighted by Crippen LogP contribution is 2.32. The van der Waals surface area contributed by atoms with Crippen molar-refractivity contribution in [3.05, 3.63) is 78.9 Å². The fourth-order valence-electron chi connectivity index (χ4n) is 5.59. The van der Waals surface area contributed by atoms with E-state index < -0.39 is 65.6 Å². The first-order valence-corrected chi connectivity index (χ1v) is 17.2. The van der Waals surface area contributed by atoms with Gasteiger partial charge in [-0.2, -0.15) is 0 Å². The van der Waals surface area contributed by atoms with Crippen molar-refractivity contribution in [2.75, 3.05) is 39.3 Å². The molecule has 1 saturated heterocycles. The third-order valence-electron chi connectivity index (χ3n) is 8.52.